The van der Waals surface area contributed by atoms with Crippen LogP contribution in [-0.2, 0) is 0 Å². The summed E-state index contributed by atoms with van der Waals surface area (Å²) >= 11 is 0. The Morgan fingerprint density at radius 3 is 2.68 bits per heavy atom. The minimum atomic E-state index is -0.538. The van der Waals surface area contributed by atoms with Crippen LogP contribution in [0, 0.1) is 11.3 Å². The van der Waals surface area contributed by atoms with Gasteiger partial charge in [-0.3, -0.25) is 4.79 Å². The van der Waals surface area contributed by atoms with Gasteiger partial charge < -0.3 is 16.2 Å². The van der Waals surface area contributed by atoms with Crippen molar-refractivity contribution < 1.29 is 9.53 Å². The lowest BCUT2D eigenvalue weighted by Crippen LogP contribution is -2.10. The molecule has 0 saturated heterocycles. The molecule has 0 radical (unpaired) electrons. The van der Waals surface area contributed by atoms with Crippen molar-refractivity contribution in [1.29, 1.82) is 5.26 Å². The normalized spacial score (nSPS) is 9.63. The maximum absolute atomic E-state index is 11.1. The molecule has 1 amide bonds. The van der Waals surface area contributed by atoms with Crippen LogP contribution < -0.4 is 16.2 Å². The zero-order chi connectivity index (χ0) is 13.8. The van der Waals surface area contributed by atoms with E-state index in [1.54, 1.807) is 30.3 Å². The number of amides is 1. The Labute approximate surface area is 110 Å². The standard InChI is InChI=1S/C14H11N3O2/c15-8-9-4-5-12(16)13(6-9)19-11-3-1-2-10(7-11)14(17)18/h1-7H,16H2,(H2,17,18). The topological polar surface area (TPSA) is 102 Å². The van der Waals surface area contributed by atoms with Gasteiger partial charge >= 0.3 is 0 Å². The SMILES string of the molecule is N#Cc1ccc(N)c(Oc2cccc(C(N)=O)c2)c1. The van der Waals surface area contributed by atoms with Crippen molar-refractivity contribution in [2.75, 3.05) is 5.73 Å². The molecule has 5 heteroatoms. The summed E-state index contributed by atoms with van der Waals surface area (Å²) in [6.07, 6.45) is 0. The Hall–Kier alpha value is -3.00. The van der Waals surface area contributed by atoms with Crippen LogP contribution >= 0.6 is 0 Å². The third-order valence-electron chi connectivity index (χ3n) is 2.49. The summed E-state index contributed by atoms with van der Waals surface area (Å²) < 4.78 is 5.56. The van der Waals surface area contributed by atoms with Crippen LogP contribution in [0.25, 0.3) is 0 Å². The molecule has 19 heavy (non-hydrogen) atoms. The number of nitrogens with zero attached hydrogens (tertiary/aromatic N) is 1. The van der Waals surface area contributed by atoms with Gasteiger partial charge in [-0.25, -0.2) is 0 Å². The molecule has 0 aliphatic carbocycles. The van der Waals surface area contributed by atoms with Gasteiger partial charge in [0.05, 0.1) is 17.3 Å². The largest absolute Gasteiger partial charge is 0.455 e. The number of benzene rings is 2. The molecule has 0 unspecified atom stereocenters. The number of nitriles is 1. The number of primary amides is 1. The van der Waals surface area contributed by atoms with Crippen molar-refractivity contribution in [3.05, 3.63) is 53.6 Å². The van der Waals surface area contributed by atoms with Crippen LogP contribution in [0.3, 0.4) is 0 Å². The number of nitrogens with two attached hydrogens (primary N) is 2. The van der Waals surface area contributed by atoms with Gasteiger partial charge in [0.2, 0.25) is 5.91 Å². The summed E-state index contributed by atoms with van der Waals surface area (Å²) in [6.45, 7) is 0. The molecule has 0 heterocycles. The van der Waals surface area contributed by atoms with Crippen molar-refractivity contribution >= 4 is 11.6 Å². The molecule has 0 fully saturated rings. The Kier molecular flexibility index (Phi) is 3.35. The third kappa shape index (κ3) is 2.82. The molecule has 94 valence electrons. The molecule has 2 aromatic carbocycles. The fraction of sp³-hybridized carbons (Fsp3) is 0. The quantitative estimate of drug-likeness (QED) is 0.817. The summed E-state index contributed by atoms with van der Waals surface area (Å²) in [5.41, 5.74) is 12.1. The number of anilines is 1. The fourth-order valence-electron chi connectivity index (χ4n) is 1.53. The van der Waals surface area contributed by atoms with Crippen molar-refractivity contribution in [2.24, 2.45) is 5.73 Å². The van der Waals surface area contributed by atoms with E-state index in [1.165, 1.54) is 12.1 Å². The van der Waals surface area contributed by atoms with Gasteiger partial charge in [-0.2, -0.15) is 5.26 Å². The molecule has 5 nitrogen and oxygen atoms in total. The van der Waals surface area contributed by atoms with Crippen LogP contribution in [0.15, 0.2) is 42.5 Å². The minimum absolute atomic E-state index is 0.340. The summed E-state index contributed by atoms with van der Waals surface area (Å²) in [5, 5.41) is 8.83. The lowest BCUT2D eigenvalue weighted by atomic mass is 10.2. The van der Waals surface area contributed by atoms with Crippen LogP contribution in [0.2, 0.25) is 0 Å². The Morgan fingerprint density at radius 2 is 2.00 bits per heavy atom. The van der Waals surface area contributed by atoms with E-state index in [4.69, 9.17) is 21.5 Å². The first-order chi connectivity index (χ1) is 9.10. The van der Waals surface area contributed by atoms with Gasteiger partial charge in [0.15, 0.2) is 5.75 Å². The third-order valence-corrected chi connectivity index (χ3v) is 2.49. The second kappa shape index (κ2) is 5.10. The summed E-state index contributed by atoms with van der Waals surface area (Å²) in [5.74, 6) is 0.253. The molecule has 0 aliphatic heterocycles. The smallest absolute Gasteiger partial charge is 0.248 e. The summed E-state index contributed by atoms with van der Waals surface area (Å²) in [4.78, 5) is 11.1. The first kappa shape index (κ1) is 12.5. The number of carbonyl (C=O) groups excluding carboxylic acids is 1. The van der Waals surface area contributed by atoms with E-state index in [0.717, 1.165) is 0 Å². The predicted octanol–water partition coefficient (Wildman–Crippen LogP) is 2.03. The van der Waals surface area contributed by atoms with Crippen LogP contribution in [0.1, 0.15) is 15.9 Å². The molecule has 0 atom stereocenters. The monoisotopic (exact) mass is 253 g/mol. The number of carbonyl (C=O) groups is 1. The molecule has 0 aromatic heterocycles. The molecule has 0 bridgehead atoms. The Balaban J connectivity index is 2.33. The van der Waals surface area contributed by atoms with Gasteiger partial charge in [-0.15, -0.1) is 0 Å². The number of hydrogen-bond acceptors (Lipinski definition) is 4. The average molecular weight is 253 g/mol. The van der Waals surface area contributed by atoms with E-state index in [0.29, 0.717) is 28.3 Å². The first-order valence-corrected chi connectivity index (χ1v) is 5.47. The highest BCUT2D eigenvalue weighted by atomic mass is 16.5. The maximum Gasteiger partial charge on any atom is 0.248 e. The van der Waals surface area contributed by atoms with E-state index < -0.39 is 5.91 Å². The number of rotatable bonds is 3. The van der Waals surface area contributed by atoms with E-state index in [9.17, 15) is 4.79 Å². The van der Waals surface area contributed by atoms with Gasteiger partial charge in [0, 0.05) is 11.6 Å². The molecule has 4 N–H and O–H groups in total. The van der Waals surface area contributed by atoms with Crippen molar-refractivity contribution in [1.82, 2.24) is 0 Å². The number of nitrogen functional groups attached to an aromatic ring is 1. The molecular weight excluding hydrogens is 242 g/mol. The van der Waals surface area contributed by atoms with Crippen molar-refractivity contribution in [2.45, 2.75) is 0 Å². The molecule has 2 aromatic rings. The van der Waals surface area contributed by atoms with Gasteiger partial charge in [-0.05, 0) is 30.3 Å². The zero-order valence-corrected chi connectivity index (χ0v) is 9.96. The van der Waals surface area contributed by atoms with Gasteiger partial charge in [-0.1, -0.05) is 6.07 Å². The number of hydrogen-bond donors (Lipinski definition) is 2. The van der Waals surface area contributed by atoms with Gasteiger partial charge in [0.25, 0.3) is 0 Å². The minimum Gasteiger partial charge on any atom is -0.455 e. The highest BCUT2D eigenvalue weighted by molar-refractivity contribution is 5.93. The fourth-order valence-corrected chi connectivity index (χ4v) is 1.53. The van der Waals surface area contributed by atoms with E-state index in [2.05, 4.69) is 0 Å². The second-order valence-electron chi connectivity index (χ2n) is 3.86. The summed E-state index contributed by atoms with van der Waals surface area (Å²) in [6, 6.07) is 13.1. The predicted molar refractivity (Wildman–Crippen MR) is 70.6 cm³/mol. The first-order valence-electron chi connectivity index (χ1n) is 5.47. The highest BCUT2D eigenvalue weighted by Crippen LogP contribution is 2.28. The van der Waals surface area contributed by atoms with Crippen LogP contribution in [0.5, 0.6) is 11.5 Å². The van der Waals surface area contributed by atoms with E-state index in [1.807, 2.05) is 6.07 Å². The van der Waals surface area contributed by atoms with Crippen LogP contribution in [0.4, 0.5) is 5.69 Å². The lowest BCUT2D eigenvalue weighted by Gasteiger charge is -2.09. The molecular formula is C14H11N3O2. The maximum atomic E-state index is 11.1. The Morgan fingerprint density at radius 1 is 1.21 bits per heavy atom. The second-order valence-corrected chi connectivity index (χ2v) is 3.86. The lowest BCUT2D eigenvalue weighted by molar-refractivity contribution is 0.1000. The van der Waals surface area contributed by atoms with Crippen LogP contribution in [-0.4, -0.2) is 5.91 Å². The highest BCUT2D eigenvalue weighted by Gasteiger charge is 2.06. The Bertz CT molecular complexity index is 675. The summed E-state index contributed by atoms with van der Waals surface area (Å²) in [7, 11) is 0. The molecule has 0 saturated carbocycles. The van der Waals surface area contributed by atoms with Crippen molar-refractivity contribution in [3.63, 3.8) is 0 Å². The average Bonchev–Trinajstić information content (AvgIpc) is 2.41. The molecule has 0 aliphatic rings. The van der Waals surface area contributed by atoms with Gasteiger partial charge in [0.1, 0.15) is 5.75 Å². The van der Waals surface area contributed by atoms with E-state index >= 15 is 0 Å². The number of ether oxygens (including phenoxy) is 1. The molecule has 2 rings (SSSR count). The van der Waals surface area contributed by atoms with E-state index in [-0.39, 0.29) is 0 Å². The van der Waals surface area contributed by atoms with Crippen molar-refractivity contribution in [3.8, 4) is 17.6 Å². The zero-order valence-electron chi connectivity index (χ0n) is 9.96. The molecule has 0 spiro atoms.